The fourth-order valence-electron chi connectivity index (χ4n) is 4.40. The molecule has 0 saturated heterocycles. The highest BCUT2D eigenvalue weighted by molar-refractivity contribution is 5.95. The van der Waals surface area contributed by atoms with Crippen LogP contribution in [0.1, 0.15) is 40.2 Å². The number of pyridine rings is 1. The SMILES string of the molecule is COC(=O)c1ccncc1NC[C@@H]1CCCc2cc(N(C)c3ccc(OC(F)(F)F)cc3)ccc21. The van der Waals surface area contributed by atoms with Gasteiger partial charge in [0.15, 0.2) is 0 Å². The van der Waals surface area contributed by atoms with Crippen molar-refractivity contribution < 1.29 is 27.4 Å². The number of hydrogen-bond donors (Lipinski definition) is 1. The highest BCUT2D eigenvalue weighted by Gasteiger charge is 2.31. The van der Waals surface area contributed by atoms with E-state index in [2.05, 4.69) is 27.2 Å². The minimum absolute atomic E-state index is 0.251. The second kappa shape index (κ2) is 10.2. The molecule has 6 nitrogen and oxygen atoms in total. The monoisotopic (exact) mass is 485 g/mol. The third-order valence-electron chi connectivity index (χ3n) is 6.18. The van der Waals surface area contributed by atoms with Gasteiger partial charge in [0, 0.05) is 37.1 Å². The molecule has 184 valence electrons. The zero-order valence-corrected chi connectivity index (χ0v) is 19.4. The maximum atomic E-state index is 12.4. The van der Waals surface area contributed by atoms with Gasteiger partial charge < -0.3 is 19.7 Å². The topological polar surface area (TPSA) is 63.7 Å². The van der Waals surface area contributed by atoms with Gasteiger partial charge in [-0.3, -0.25) is 4.98 Å². The molecule has 0 unspecified atom stereocenters. The summed E-state index contributed by atoms with van der Waals surface area (Å²) in [6.07, 6.45) is 1.47. The van der Waals surface area contributed by atoms with Crippen molar-refractivity contribution in [2.75, 3.05) is 30.9 Å². The first kappa shape index (κ1) is 24.4. The number of fused-ring (bicyclic) bond motifs is 1. The summed E-state index contributed by atoms with van der Waals surface area (Å²) in [7, 11) is 3.23. The molecule has 3 aromatic rings. The summed E-state index contributed by atoms with van der Waals surface area (Å²) in [5.41, 5.74) is 5.27. The van der Waals surface area contributed by atoms with Gasteiger partial charge in [0.2, 0.25) is 0 Å². The molecule has 0 aliphatic heterocycles. The van der Waals surface area contributed by atoms with Crippen molar-refractivity contribution in [3.8, 4) is 5.75 Å². The highest BCUT2D eigenvalue weighted by Crippen LogP contribution is 2.36. The quantitative estimate of drug-likeness (QED) is 0.410. The number of aryl methyl sites for hydroxylation is 1. The Bertz CT molecular complexity index is 1180. The Labute approximate surface area is 201 Å². The summed E-state index contributed by atoms with van der Waals surface area (Å²) >= 11 is 0. The molecule has 9 heteroatoms. The van der Waals surface area contributed by atoms with Gasteiger partial charge in [-0.1, -0.05) is 6.07 Å². The molecule has 35 heavy (non-hydrogen) atoms. The second-order valence-corrected chi connectivity index (χ2v) is 8.37. The zero-order valence-electron chi connectivity index (χ0n) is 19.4. The zero-order chi connectivity index (χ0) is 25.0. The molecule has 1 aromatic heterocycles. The van der Waals surface area contributed by atoms with Crippen molar-refractivity contribution in [1.82, 2.24) is 4.98 Å². The van der Waals surface area contributed by atoms with E-state index in [-0.39, 0.29) is 11.7 Å². The molecule has 2 aromatic carbocycles. The molecule has 0 saturated carbocycles. The Morgan fingerprint density at radius 2 is 1.89 bits per heavy atom. The molecular formula is C26H26F3N3O3. The third kappa shape index (κ3) is 5.85. The van der Waals surface area contributed by atoms with E-state index in [1.807, 2.05) is 18.0 Å². The van der Waals surface area contributed by atoms with Gasteiger partial charge in [0.05, 0.1) is 24.6 Å². The van der Waals surface area contributed by atoms with Gasteiger partial charge >= 0.3 is 12.3 Å². The van der Waals surface area contributed by atoms with Crippen molar-refractivity contribution >= 4 is 23.0 Å². The lowest BCUT2D eigenvalue weighted by molar-refractivity contribution is -0.274. The van der Waals surface area contributed by atoms with E-state index in [0.29, 0.717) is 17.8 Å². The lowest BCUT2D eigenvalue weighted by Gasteiger charge is -2.28. The Morgan fingerprint density at radius 1 is 1.14 bits per heavy atom. The number of esters is 1. The maximum absolute atomic E-state index is 12.4. The largest absolute Gasteiger partial charge is 0.573 e. The lowest BCUT2D eigenvalue weighted by Crippen LogP contribution is -2.20. The van der Waals surface area contributed by atoms with Crippen LogP contribution in [-0.2, 0) is 11.2 Å². The van der Waals surface area contributed by atoms with E-state index in [4.69, 9.17) is 4.74 Å². The minimum atomic E-state index is -4.71. The van der Waals surface area contributed by atoms with Gasteiger partial charge in [0.25, 0.3) is 0 Å². The number of rotatable bonds is 7. The van der Waals surface area contributed by atoms with Gasteiger partial charge in [-0.25, -0.2) is 4.79 Å². The Balaban J connectivity index is 1.48. The van der Waals surface area contributed by atoms with Crippen LogP contribution >= 0.6 is 0 Å². The van der Waals surface area contributed by atoms with Crippen LogP contribution in [-0.4, -0.2) is 38.0 Å². The Morgan fingerprint density at radius 3 is 2.60 bits per heavy atom. The fraction of sp³-hybridized carbons (Fsp3) is 0.308. The number of alkyl halides is 3. The summed E-state index contributed by atoms with van der Waals surface area (Å²) in [4.78, 5) is 18.1. The predicted octanol–water partition coefficient (Wildman–Crippen LogP) is 6.07. The first-order valence-corrected chi connectivity index (χ1v) is 11.2. The normalized spacial score (nSPS) is 15.2. The van der Waals surface area contributed by atoms with E-state index in [9.17, 15) is 18.0 Å². The van der Waals surface area contributed by atoms with E-state index >= 15 is 0 Å². The smallest absolute Gasteiger partial charge is 0.465 e. The number of anilines is 3. The Kier molecular flexibility index (Phi) is 7.14. The third-order valence-corrected chi connectivity index (χ3v) is 6.18. The number of carbonyl (C=O) groups excluding carboxylic acids is 1. The van der Waals surface area contributed by atoms with Crippen LogP contribution in [0.25, 0.3) is 0 Å². The van der Waals surface area contributed by atoms with Gasteiger partial charge in [-0.05, 0) is 72.9 Å². The number of ether oxygens (including phenoxy) is 2. The van der Waals surface area contributed by atoms with Crippen LogP contribution in [0, 0.1) is 0 Å². The molecular weight excluding hydrogens is 459 g/mol. The number of nitrogens with one attached hydrogen (secondary N) is 1. The average Bonchev–Trinajstić information content (AvgIpc) is 2.86. The van der Waals surface area contributed by atoms with Gasteiger partial charge in [-0.2, -0.15) is 0 Å². The van der Waals surface area contributed by atoms with Crippen LogP contribution in [0.4, 0.5) is 30.2 Å². The van der Waals surface area contributed by atoms with E-state index in [0.717, 1.165) is 30.6 Å². The van der Waals surface area contributed by atoms with Gasteiger partial charge in [-0.15, -0.1) is 13.2 Å². The summed E-state index contributed by atoms with van der Waals surface area (Å²) < 4.78 is 46.1. The molecule has 1 aliphatic rings. The molecule has 0 fully saturated rings. The number of carbonyl (C=O) groups is 1. The van der Waals surface area contributed by atoms with E-state index < -0.39 is 12.3 Å². The fourth-order valence-corrected chi connectivity index (χ4v) is 4.40. The van der Waals surface area contributed by atoms with Crippen LogP contribution < -0.4 is 15.0 Å². The minimum Gasteiger partial charge on any atom is -0.465 e. The van der Waals surface area contributed by atoms with Crippen LogP contribution in [0.2, 0.25) is 0 Å². The Hall–Kier alpha value is -3.75. The summed E-state index contributed by atoms with van der Waals surface area (Å²) in [6, 6.07) is 13.7. The van der Waals surface area contributed by atoms with E-state index in [1.165, 1.54) is 30.4 Å². The predicted molar refractivity (Wildman–Crippen MR) is 127 cm³/mol. The van der Waals surface area contributed by atoms with Crippen molar-refractivity contribution in [3.05, 3.63) is 77.6 Å². The number of hydrogen-bond acceptors (Lipinski definition) is 6. The molecule has 1 atom stereocenters. The van der Waals surface area contributed by atoms with E-state index in [1.54, 1.807) is 30.6 Å². The van der Waals surface area contributed by atoms with Crippen LogP contribution in [0.15, 0.2) is 60.9 Å². The number of aromatic nitrogens is 1. The molecule has 0 bridgehead atoms. The molecule has 0 amide bonds. The summed E-state index contributed by atoms with van der Waals surface area (Å²) in [5.74, 6) is -0.397. The first-order chi connectivity index (χ1) is 16.7. The summed E-state index contributed by atoms with van der Waals surface area (Å²) in [5, 5.41) is 3.36. The standard InChI is InChI=1S/C26H26F3N3O3/c1-32(19-6-9-21(10-7-19)35-26(27,28)29)20-8-11-22-17(14-20)4-3-5-18(22)15-31-24-16-30-13-12-23(24)25(33)34-2/h6-14,16,18,31H,3-5,15H2,1-2H3/t18-/m0/s1. The van der Waals surface area contributed by atoms with Crippen molar-refractivity contribution in [3.63, 3.8) is 0 Å². The first-order valence-electron chi connectivity index (χ1n) is 11.2. The number of halogens is 3. The molecule has 4 rings (SSSR count). The molecule has 0 radical (unpaired) electrons. The van der Waals surface area contributed by atoms with Crippen LogP contribution in [0.3, 0.4) is 0 Å². The molecule has 0 spiro atoms. The van der Waals surface area contributed by atoms with Gasteiger partial charge in [0.1, 0.15) is 5.75 Å². The molecule has 1 N–H and O–H groups in total. The average molecular weight is 486 g/mol. The number of nitrogens with zero attached hydrogens (tertiary/aromatic N) is 2. The van der Waals surface area contributed by atoms with Crippen molar-refractivity contribution in [2.24, 2.45) is 0 Å². The maximum Gasteiger partial charge on any atom is 0.573 e. The lowest BCUT2D eigenvalue weighted by atomic mass is 9.82. The second-order valence-electron chi connectivity index (χ2n) is 8.37. The molecule has 1 heterocycles. The number of benzene rings is 2. The van der Waals surface area contributed by atoms with Crippen molar-refractivity contribution in [1.29, 1.82) is 0 Å². The number of methoxy groups -OCH3 is 1. The van der Waals surface area contributed by atoms with Crippen LogP contribution in [0.5, 0.6) is 5.75 Å². The molecule has 1 aliphatic carbocycles. The summed E-state index contributed by atoms with van der Waals surface area (Å²) in [6.45, 7) is 0.651. The van der Waals surface area contributed by atoms with Crippen molar-refractivity contribution in [2.45, 2.75) is 31.5 Å². The highest BCUT2D eigenvalue weighted by atomic mass is 19.4.